The summed E-state index contributed by atoms with van der Waals surface area (Å²) in [5.41, 5.74) is 1.09. The predicted octanol–water partition coefficient (Wildman–Crippen LogP) is 0.143. The molecule has 98 valence electrons. The van der Waals surface area contributed by atoms with E-state index in [4.69, 9.17) is 9.84 Å². The second-order valence-electron chi connectivity index (χ2n) is 3.61. The minimum atomic E-state index is -0.449. The van der Waals surface area contributed by atoms with Crippen LogP contribution in [0.3, 0.4) is 0 Å². The van der Waals surface area contributed by atoms with Gasteiger partial charge in [-0.15, -0.1) is 0 Å². The lowest BCUT2D eigenvalue weighted by Crippen LogP contribution is -2.19. The third-order valence-corrected chi connectivity index (χ3v) is 2.24. The number of aromatic nitrogens is 1. The maximum absolute atomic E-state index is 11.3. The third kappa shape index (κ3) is 4.92. The van der Waals surface area contributed by atoms with Crippen LogP contribution in [0.25, 0.3) is 0 Å². The minimum Gasteiger partial charge on any atom is -0.459 e. The van der Waals surface area contributed by atoms with Gasteiger partial charge in [-0.3, -0.25) is 14.6 Å². The van der Waals surface area contributed by atoms with Crippen LogP contribution in [0.5, 0.6) is 0 Å². The van der Waals surface area contributed by atoms with E-state index in [2.05, 4.69) is 10.3 Å². The maximum atomic E-state index is 11.3. The second kappa shape index (κ2) is 7.39. The molecule has 0 saturated heterocycles. The van der Waals surface area contributed by atoms with Crippen molar-refractivity contribution in [1.82, 2.24) is 10.3 Å². The lowest BCUT2D eigenvalue weighted by molar-refractivity contribution is -0.146. The Balaban J connectivity index is 2.35. The van der Waals surface area contributed by atoms with Crippen molar-refractivity contribution < 1.29 is 19.4 Å². The molecule has 18 heavy (non-hydrogen) atoms. The second-order valence-corrected chi connectivity index (χ2v) is 3.61. The molecule has 0 aliphatic carbocycles. The number of hydrogen-bond acceptors (Lipinski definition) is 5. The van der Waals surface area contributed by atoms with Gasteiger partial charge >= 0.3 is 5.97 Å². The van der Waals surface area contributed by atoms with Crippen molar-refractivity contribution in [2.24, 2.45) is 0 Å². The quantitative estimate of drug-likeness (QED) is 0.703. The van der Waals surface area contributed by atoms with Crippen molar-refractivity contribution in [3.05, 3.63) is 29.6 Å². The molecule has 0 fully saturated rings. The molecule has 1 heterocycles. The van der Waals surface area contributed by atoms with E-state index in [0.717, 1.165) is 0 Å². The molecule has 0 bridgehead atoms. The van der Waals surface area contributed by atoms with Crippen molar-refractivity contribution >= 4 is 11.9 Å². The standard InChI is InChI=1S/C12H16N2O4/c1-13-11(16)5-6-12(17)18-8-10-4-2-3-9(7-15)14-10/h2-4,15H,5-8H2,1H3,(H,13,16). The summed E-state index contributed by atoms with van der Waals surface area (Å²) in [6.45, 7) is -0.112. The van der Waals surface area contributed by atoms with Gasteiger partial charge in [0.1, 0.15) is 6.61 Å². The highest BCUT2D eigenvalue weighted by Gasteiger charge is 2.07. The average Bonchev–Trinajstić information content (AvgIpc) is 2.42. The number of esters is 1. The van der Waals surface area contributed by atoms with E-state index in [9.17, 15) is 9.59 Å². The summed E-state index contributed by atoms with van der Waals surface area (Å²) in [5, 5.41) is 11.3. The van der Waals surface area contributed by atoms with Crippen LogP contribution in [-0.4, -0.2) is 29.0 Å². The number of nitrogens with one attached hydrogen (secondary N) is 1. The molecule has 6 nitrogen and oxygen atoms in total. The Morgan fingerprint density at radius 1 is 1.33 bits per heavy atom. The fourth-order valence-corrected chi connectivity index (χ4v) is 1.26. The van der Waals surface area contributed by atoms with Gasteiger partial charge < -0.3 is 15.2 Å². The zero-order chi connectivity index (χ0) is 13.4. The molecule has 0 unspecified atom stereocenters. The van der Waals surface area contributed by atoms with Gasteiger partial charge in [-0.05, 0) is 12.1 Å². The van der Waals surface area contributed by atoms with E-state index in [1.807, 2.05) is 0 Å². The highest BCUT2D eigenvalue weighted by molar-refractivity contribution is 5.80. The summed E-state index contributed by atoms with van der Waals surface area (Å²) >= 11 is 0. The molecule has 6 heteroatoms. The predicted molar refractivity (Wildman–Crippen MR) is 63.3 cm³/mol. The summed E-state index contributed by atoms with van der Waals surface area (Å²) < 4.78 is 4.96. The number of ether oxygens (including phenoxy) is 1. The summed E-state index contributed by atoms with van der Waals surface area (Å²) in [6, 6.07) is 5.11. The van der Waals surface area contributed by atoms with Crippen LogP contribution < -0.4 is 5.32 Å². The number of carbonyl (C=O) groups is 2. The molecule has 0 spiro atoms. The van der Waals surface area contributed by atoms with Gasteiger partial charge in [-0.25, -0.2) is 0 Å². The molecule has 1 aromatic rings. The van der Waals surface area contributed by atoms with Crippen LogP contribution in [0.1, 0.15) is 24.2 Å². The fourth-order valence-electron chi connectivity index (χ4n) is 1.26. The normalized spacial score (nSPS) is 9.89. The Morgan fingerprint density at radius 2 is 2.06 bits per heavy atom. The third-order valence-electron chi connectivity index (χ3n) is 2.24. The van der Waals surface area contributed by atoms with Gasteiger partial charge in [0.25, 0.3) is 0 Å². The van der Waals surface area contributed by atoms with Crippen molar-refractivity contribution in [2.75, 3.05) is 7.05 Å². The molecular formula is C12H16N2O4. The molecule has 0 aliphatic heterocycles. The van der Waals surface area contributed by atoms with Gasteiger partial charge in [-0.2, -0.15) is 0 Å². The van der Waals surface area contributed by atoms with Crippen LogP contribution in [0.15, 0.2) is 18.2 Å². The Kier molecular flexibility index (Phi) is 5.79. The summed E-state index contributed by atoms with van der Waals surface area (Å²) in [4.78, 5) is 26.3. The number of rotatable bonds is 6. The van der Waals surface area contributed by atoms with Crippen LogP contribution in [0.4, 0.5) is 0 Å². The Labute approximate surface area is 105 Å². The number of amides is 1. The highest BCUT2D eigenvalue weighted by atomic mass is 16.5. The zero-order valence-electron chi connectivity index (χ0n) is 10.2. The summed E-state index contributed by atoms with van der Waals surface area (Å²) in [6.07, 6.45) is 0.152. The lowest BCUT2D eigenvalue weighted by Gasteiger charge is -2.05. The Morgan fingerprint density at radius 3 is 2.72 bits per heavy atom. The fraction of sp³-hybridized carbons (Fsp3) is 0.417. The topological polar surface area (TPSA) is 88.5 Å². The SMILES string of the molecule is CNC(=O)CCC(=O)OCc1cccc(CO)n1. The zero-order valence-corrected chi connectivity index (χ0v) is 10.2. The molecule has 1 aromatic heterocycles. The lowest BCUT2D eigenvalue weighted by atomic mass is 10.3. The van der Waals surface area contributed by atoms with E-state index in [-0.39, 0.29) is 32.0 Å². The van der Waals surface area contributed by atoms with Gasteiger partial charge in [-0.1, -0.05) is 6.07 Å². The molecule has 1 amide bonds. The smallest absolute Gasteiger partial charge is 0.306 e. The van der Waals surface area contributed by atoms with E-state index >= 15 is 0 Å². The van der Waals surface area contributed by atoms with Gasteiger partial charge in [0.05, 0.1) is 24.4 Å². The monoisotopic (exact) mass is 252 g/mol. The summed E-state index contributed by atoms with van der Waals surface area (Å²) in [5.74, 6) is -0.651. The van der Waals surface area contributed by atoms with Crippen LogP contribution in [-0.2, 0) is 27.5 Å². The van der Waals surface area contributed by atoms with Crippen molar-refractivity contribution in [3.63, 3.8) is 0 Å². The molecule has 1 rings (SSSR count). The van der Waals surface area contributed by atoms with E-state index in [1.54, 1.807) is 18.2 Å². The molecular weight excluding hydrogens is 236 g/mol. The number of nitrogens with zero attached hydrogens (tertiary/aromatic N) is 1. The van der Waals surface area contributed by atoms with E-state index in [0.29, 0.717) is 11.4 Å². The van der Waals surface area contributed by atoms with Crippen LogP contribution >= 0.6 is 0 Å². The minimum absolute atomic E-state index is 0.0410. The van der Waals surface area contributed by atoms with E-state index in [1.165, 1.54) is 7.05 Å². The number of aliphatic hydroxyl groups is 1. The van der Waals surface area contributed by atoms with Gasteiger partial charge in [0.2, 0.25) is 5.91 Å². The van der Waals surface area contributed by atoms with Crippen molar-refractivity contribution in [2.45, 2.75) is 26.1 Å². The van der Waals surface area contributed by atoms with E-state index < -0.39 is 5.97 Å². The molecule has 0 aliphatic rings. The number of aliphatic hydroxyl groups excluding tert-OH is 1. The van der Waals surface area contributed by atoms with Crippen LogP contribution in [0, 0.1) is 0 Å². The van der Waals surface area contributed by atoms with Gasteiger partial charge in [0.15, 0.2) is 0 Å². The first-order valence-corrected chi connectivity index (χ1v) is 5.57. The molecule has 0 atom stereocenters. The Hall–Kier alpha value is -1.95. The number of carbonyl (C=O) groups excluding carboxylic acids is 2. The van der Waals surface area contributed by atoms with Crippen LogP contribution in [0.2, 0.25) is 0 Å². The first-order chi connectivity index (χ1) is 8.65. The summed E-state index contributed by atoms with van der Waals surface area (Å²) in [7, 11) is 1.51. The molecule has 0 saturated carbocycles. The van der Waals surface area contributed by atoms with Crippen molar-refractivity contribution in [3.8, 4) is 0 Å². The maximum Gasteiger partial charge on any atom is 0.306 e. The molecule has 2 N–H and O–H groups in total. The number of pyridine rings is 1. The van der Waals surface area contributed by atoms with Gasteiger partial charge in [0, 0.05) is 13.5 Å². The molecule has 0 radical (unpaired) electrons. The molecule has 0 aromatic carbocycles. The first kappa shape index (κ1) is 14.1. The largest absolute Gasteiger partial charge is 0.459 e. The first-order valence-electron chi connectivity index (χ1n) is 5.57. The highest BCUT2D eigenvalue weighted by Crippen LogP contribution is 2.03. The Bertz CT molecular complexity index is 420. The van der Waals surface area contributed by atoms with Crippen molar-refractivity contribution in [1.29, 1.82) is 0 Å². The average molecular weight is 252 g/mol. The number of hydrogen-bond donors (Lipinski definition) is 2.